The lowest BCUT2D eigenvalue weighted by Crippen LogP contribution is -2.33. The summed E-state index contributed by atoms with van der Waals surface area (Å²) in [6, 6.07) is 6.03. The smallest absolute Gasteiger partial charge is 0.229 e. The van der Waals surface area contributed by atoms with Crippen LogP contribution in [0.3, 0.4) is 0 Å². The van der Waals surface area contributed by atoms with Gasteiger partial charge in [0, 0.05) is 25.2 Å². The predicted molar refractivity (Wildman–Crippen MR) is 120 cm³/mol. The van der Waals surface area contributed by atoms with Gasteiger partial charge in [0.1, 0.15) is 11.5 Å². The van der Waals surface area contributed by atoms with Gasteiger partial charge in [0.05, 0.1) is 33.2 Å². The standard InChI is InChI=1S/C22H30N6O3/c1-14(2)28-13-24-19-20(23-11-15-8-17(30-3)10-18(9-15)31-4)25-22(26-21(19)28)27-7-5-6-16(27)12-29/h8-10,13-14,16,29H,5-7,11-12H2,1-4H3,(H,23,25,26). The molecule has 0 saturated carbocycles. The molecule has 1 aliphatic rings. The highest BCUT2D eigenvalue weighted by Crippen LogP contribution is 2.29. The molecule has 1 fully saturated rings. The van der Waals surface area contributed by atoms with Crippen LogP contribution < -0.4 is 19.7 Å². The highest BCUT2D eigenvalue weighted by Gasteiger charge is 2.27. The van der Waals surface area contributed by atoms with Gasteiger partial charge in [-0.3, -0.25) is 0 Å². The van der Waals surface area contributed by atoms with Crippen LogP contribution in [0.2, 0.25) is 0 Å². The molecule has 3 heterocycles. The maximum Gasteiger partial charge on any atom is 0.229 e. The summed E-state index contributed by atoms with van der Waals surface area (Å²) >= 11 is 0. The van der Waals surface area contributed by atoms with E-state index in [0.717, 1.165) is 47.6 Å². The number of methoxy groups -OCH3 is 2. The molecule has 0 spiro atoms. The van der Waals surface area contributed by atoms with E-state index in [4.69, 9.17) is 19.4 Å². The maximum absolute atomic E-state index is 9.78. The summed E-state index contributed by atoms with van der Waals surface area (Å²) in [4.78, 5) is 16.3. The number of benzene rings is 1. The third-order valence-electron chi connectivity index (χ3n) is 5.68. The van der Waals surface area contributed by atoms with Gasteiger partial charge < -0.3 is 29.4 Å². The van der Waals surface area contributed by atoms with Crippen LogP contribution in [0.5, 0.6) is 11.5 Å². The lowest BCUT2D eigenvalue weighted by molar-refractivity contribution is 0.265. The van der Waals surface area contributed by atoms with Crippen molar-refractivity contribution in [3.05, 3.63) is 30.1 Å². The molecule has 31 heavy (non-hydrogen) atoms. The van der Waals surface area contributed by atoms with Crippen molar-refractivity contribution in [3.63, 3.8) is 0 Å². The minimum absolute atomic E-state index is 0.0448. The zero-order valence-electron chi connectivity index (χ0n) is 18.5. The van der Waals surface area contributed by atoms with E-state index in [1.165, 1.54) is 0 Å². The lowest BCUT2D eigenvalue weighted by Gasteiger charge is -2.23. The number of fused-ring (bicyclic) bond motifs is 1. The normalized spacial score (nSPS) is 16.3. The minimum atomic E-state index is 0.0448. The van der Waals surface area contributed by atoms with Gasteiger partial charge in [0.25, 0.3) is 0 Å². The molecule has 0 amide bonds. The molecule has 9 heteroatoms. The molecule has 2 aromatic heterocycles. The first-order chi connectivity index (χ1) is 15.0. The van der Waals surface area contributed by atoms with Crippen LogP contribution in [0, 0.1) is 0 Å². The van der Waals surface area contributed by atoms with Crippen LogP contribution in [0.25, 0.3) is 11.2 Å². The first-order valence-corrected chi connectivity index (χ1v) is 10.6. The van der Waals surface area contributed by atoms with Crippen molar-refractivity contribution in [3.8, 4) is 11.5 Å². The Morgan fingerprint density at radius 2 is 1.90 bits per heavy atom. The number of nitrogens with one attached hydrogen (secondary N) is 1. The van der Waals surface area contributed by atoms with E-state index in [1.807, 2.05) is 22.8 Å². The molecule has 2 N–H and O–H groups in total. The lowest BCUT2D eigenvalue weighted by atomic mass is 10.2. The average Bonchev–Trinajstić information content (AvgIpc) is 3.43. The Morgan fingerprint density at radius 3 is 2.55 bits per heavy atom. The summed E-state index contributed by atoms with van der Waals surface area (Å²) in [5.74, 6) is 2.76. The molecule has 0 radical (unpaired) electrons. The molecule has 0 aliphatic carbocycles. The highest BCUT2D eigenvalue weighted by molar-refractivity contribution is 5.84. The monoisotopic (exact) mass is 426 g/mol. The van der Waals surface area contributed by atoms with E-state index >= 15 is 0 Å². The van der Waals surface area contributed by atoms with Crippen molar-refractivity contribution in [2.75, 3.05) is 37.6 Å². The van der Waals surface area contributed by atoms with E-state index < -0.39 is 0 Å². The average molecular weight is 427 g/mol. The molecule has 3 aromatic rings. The molecule has 166 valence electrons. The predicted octanol–water partition coefficient (Wildman–Crippen LogP) is 3.00. The first kappa shape index (κ1) is 21.2. The molecule has 4 rings (SSSR count). The Balaban J connectivity index is 1.71. The van der Waals surface area contributed by atoms with Gasteiger partial charge in [-0.15, -0.1) is 0 Å². The Kier molecular flexibility index (Phi) is 6.13. The van der Waals surface area contributed by atoms with Crippen LogP contribution in [0.15, 0.2) is 24.5 Å². The number of ether oxygens (including phenoxy) is 2. The van der Waals surface area contributed by atoms with Crippen LogP contribution in [-0.4, -0.2) is 58.0 Å². The number of anilines is 2. The van der Waals surface area contributed by atoms with Crippen molar-refractivity contribution >= 4 is 22.9 Å². The highest BCUT2D eigenvalue weighted by atomic mass is 16.5. The third-order valence-corrected chi connectivity index (χ3v) is 5.68. The molecule has 9 nitrogen and oxygen atoms in total. The number of nitrogens with zero attached hydrogens (tertiary/aromatic N) is 5. The SMILES string of the molecule is COc1cc(CNc2nc(N3CCCC3CO)nc3c2ncn3C(C)C)cc(OC)c1. The second kappa shape index (κ2) is 8.97. The van der Waals surface area contributed by atoms with Crippen LogP contribution >= 0.6 is 0 Å². The van der Waals surface area contributed by atoms with E-state index in [2.05, 4.69) is 29.0 Å². The Hall–Kier alpha value is -3.07. The number of hydrogen-bond donors (Lipinski definition) is 2. The van der Waals surface area contributed by atoms with E-state index in [0.29, 0.717) is 18.3 Å². The molecular weight excluding hydrogens is 396 g/mol. The second-order valence-electron chi connectivity index (χ2n) is 8.04. The summed E-state index contributed by atoms with van der Waals surface area (Å²) in [6.07, 6.45) is 3.76. The Bertz CT molecular complexity index is 1030. The largest absolute Gasteiger partial charge is 0.497 e. The topological polar surface area (TPSA) is 97.6 Å². The van der Waals surface area contributed by atoms with Gasteiger partial charge in [-0.2, -0.15) is 9.97 Å². The van der Waals surface area contributed by atoms with Gasteiger partial charge in [-0.05, 0) is 44.4 Å². The molecule has 1 saturated heterocycles. The summed E-state index contributed by atoms with van der Waals surface area (Å²) in [5.41, 5.74) is 2.52. The molecule has 1 aliphatic heterocycles. The number of aromatic nitrogens is 4. The fourth-order valence-corrected chi connectivity index (χ4v) is 3.98. The summed E-state index contributed by atoms with van der Waals surface area (Å²) < 4.78 is 12.8. The molecule has 1 atom stereocenters. The van der Waals surface area contributed by atoms with E-state index in [9.17, 15) is 5.11 Å². The summed E-state index contributed by atoms with van der Waals surface area (Å²) in [6.45, 7) is 5.66. The van der Waals surface area contributed by atoms with Gasteiger partial charge >= 0.3 is 0 Å². The third kappa shape index (κ3) is 4.23. The molecular formula is C22H30N6O3. The van der Waals surface area contributed by atoms with E-state index in [-0.39, 0.29) is 18.7 Å². The van der Waals surface area contributed by atoms with Crippen molar-refractivity contribution < 1.29 is 14.6 Å². The number of hydrogen-bond acceptors (Lipinski definition) is 8. The number of rotatable bonds is 8. The van der Waals surface area contributed by atoms with Crippen LogP contribution in [0.4, 0.5) is 11.8 Å². The van der Waals surface area contributed by atoms with Gasteiger partial charge in [-0.1, -0.05) is 0 Å². The van der Waals surface area contributed by atoms with Crippen LogP contribution in [0.1, 0.15) is 38.3 Å². The summed E-state index contributed by atoms with van der Waals surface area (Å²) in [5, 5.41) is 13.2. The zero-order valence-corrected chi connectivity index (χ0v) is 18.5. The van der Waals surface area contributed by atoms with E-state index in [1.54, 1.807) is 20.5 Å². The Labute approximate surface area is 182 Å². The molecule has 1 unspecified atom stereocenters. The van der Waals surface area contributed by atoms with Gasteiger partial charge in [0.15, 0.2) is 17.0 Å². The van der Waals surface area contributed by atoms with Crippen molar-refractivity contribution in [2.45, 2.75) is 45.3 Å². The van der Waals surface area contributed by atoms with Crippen molar-refractivity contribution in [1.82, 2.24) is 19.5 Å². The molecule has 1 aromatic carbocycles. The van der Waals surface area contributed by atoms with Gasteiger partial charge in [0.2, 0.25) is 5.95 Å². The van der Waals surface area contributed by atoms with Gasteiger partial charge in [-0.25, -0.2) is 4.98 Å². The second-order valence-corrected chi connectivity index (χ2v) is 8.04. The minimum Gasteiger partial charge on any atom is -0.497 e. The maximum atomic E-state index is 9.78. The zero-order chi connectivity index (χ0) is 22.0. The molecule has 0 bridgehead atoms. The number of aliphatic hydroxyl groups is 1. The van der Waals surface area contributed by atoms with Crippen molar-refractivity contribution in [2.24, 2.45) is 0 Å². The summed E-state index contributed by atoms with van der Waals surface area (Å²) in [7, 11) is 3.27. The first-order valence-electron chi connectivity index (χ1n) is 10.6. The number of aliphatic hydroxyl groups excluding tert-OH is 1. The van der Waals surface area contributed by atoms with Crippen molar-refractivity contribution in [1.29, 1.82) is 0 Å². The Morgan fingerprint density at radius 1 is 1.16 bits per heavy atom. The number of imidazole rings is 1. The fourth-order valence-electron chi connectivity index (χ4n) is 3.98. The van der Waals surface area contributed by atoms with Crippen LogP contribution in [-0.2, 0) is 6.54 Å². The quantitative estimate of drug-likeness (QED) is 0.567. The fraction of sp³-hybridized carbons (Fsp3) is 0.500.